The normalized spacial score (nSPS) is 11.9. The van der Waals surface area contributed by atoms with E-state index in [1.807, 2.05) is 12.1 Å². The number of fused-ring (bicyclic) bond motifs is 1. The van der Waals surface area contributed by atoms with Crippen molar-refractivity contribution in [1.82, 2.24) is 5.32 Å². The third-order valence-corrected chi connectivity index (χ3v) is 3.69. The molecule has 1 N–H and O–H groups in total. The maximum Gasteiger partial charge on any atom is 0.251 e. The molecule has 0 unspecified atom stereocenters. The summed E-state index contributed by atoms with van der Waals surface area (Å²) in [6.45, 7) is 0.809. The number of benzene rings is 2. The van der Waals surface area contributed by atoms with Crippen molar-refractivity contribution in [2.45, 2.75) is 0 Å². The third-order valence-electron chi connectivity index (χ3n) is 3.41. The Morgan fingerprint density at radius 1 is 1.21 bits per heavy atom. The van der Waals surface area contributed by atoms with Crippen LogP contribution in [0.15, 0.2) is 36.4 Å². The molecule has 0 atom stereocenters. The van der Waals surface area contributed by atoms with Gasteiger partial charge in [-0.2, -0.15) is 0 Å². The number of rotatable bonds is 6. The zero-order valence-electron chi connectivity index (χ0n) is 13.0. The van der Waals surface area contributed by atoms with E-state index in [0.717, 1.165) is 5.75 Å². The second-order valence-corrected chi connectivity index (χ2v) is 5.38. The number of hydrogen-bond donors (Lipinski definition) is 1. The van der Waals surface area contributed by atoms with Gasteiger partial charge in [-0.15, -0.1) is 0 Å². The zero-order valence-corrected chi connectivity index (χ0v) is 13.8. The molecule has 6 nitrogen and oxygen atoms in total. The molecule has 7 heteroatoms. The van der Waals surface area contributed by atoms with Crippen LogP contribution in [0, 0.1) is 0 Å². The lowest BCUT2D eigenvalue weighted by atomic mass is 10.2. The van der Waals surface area contributed by atoms with E-state index in [4.69, 9.17) is 30.5 Å². The van der Waals surface area contributed by atoms with Crippen molar-refractivity contribution in [3.63, 3.8) is 0 Å². The standard InChI is InChI=1S/C17H16ClNO5/c1-21-12-2-4-13(5-3-12)22-7-6-19-17(20)11-8-14(18)16-15(9-11)23-10-24-16/h2-5,8-9H,6-7,10H2,1H3,(H,19,20). The largest absolute Gasteiger partial charge is 0.497 e. The Morgan fingerprint density at radius 3 is 2.71 bits per heavy atom. The van der Waals surface area contributed by atoms with Crippen LogP contribution in [-0.4, -0.2) is 33.0 Å². The van der Waals surface area contributed by atoms with Gasteiger partial charge in [0, 0.05) is 5.56 Å². The highest BCUT2D eigenvalue weighted by atomic mass is 35.5. The maximum absolute atomic E-state index is 12.2. The lowest BCUT2D eigenvalue weighted by Crippen LogP contribution is -2.28. The molecule has 2 aromatic rings. The summed E-state index contributed by atoms with van der Waals surface area (Å²) >= 11 is 6.07. The summed E-state index contributed by atoms with van der Waals surface area (Å²) in [5.74, 6) is 2.15. The molecule has 0 aromatic heterocycles. The molecular weight excluding hydrogens is 334 g/mol. The summed E-state index contributed by atoms with van der Waals surface area (Å²) in [5, 5.41) is 3.12. The molecule has 126 valence electrons. The Kier molecular flexibility index (Phi) is 4.96. The number of methoxy groups -OCH3 is 1. The molecule has 0 spiro atoms. The molecule has 0 bridgehead atoms. The first kappa shape index (κ1) is 16.3. The minimum atomic E-state index is -0.256. The molecule has 2 aromatic carbocycles. The first-order valence-electron chi connectivity index (χ1n) is 7.31. The van der Waals surface area contributed by atoms with Gasteiger partial charge in [0.15, 0.2) is 11.5 Å². The average molecular weight is 350 g/mol. The van der Waals surface area contributed by atoms with Gasteiger partial charge in [0.25, 0.3) is 5.91 Å². The second kappa shape index (κ2) is 7.31. The Hall–Kier alpha value is -2.60. The SMILES string of the molecule is COc1ccc(OCCNC(=O)c2cc(Cl)c3c(c2)OCO3)cc1. The highest BCUT2D eigenvalue weighted by Crippen LogP contribution is 2.39. The van der Waals surface area contributed by atoms with Gasteiger partial charge in [-0.25, -0.2) is 0 Å². The number of carbonyl (C=O) groups excluding carboxylic acids is 1. The third kappa shape index (κ3) is 3.65. The van der Waals surface area contributed by atoms with Crippen molar-refractivity contribution >= 4 is 17.5 Å². The van der Waals surface area contributed by atoms with Gasteiger partial charge in [0.05, 0.1) is 18.7 Å². The van der Waals surface area contributed by atoms with Crippen LogP contribution in [0.3, 0.4) is 0 Å². The fraction of sp³-hybridized carbons (Fsp3) is 0.235. The van der Waals surface area contributed by atoms with Gasteiger partial charge >= 0.3 is 0 Å². The summed E-state index contributed by atoms with van der Waals surface area (Å²) in [7, 11) is 1.60. The molecule has 3 rings (SSSR count). The summed E-state index contributed by atoms with van der Waals surface area (Å²) in [6, 6.07) is 10.4. The van der Waals surface area contributed by atoms with Crippen molar-refractivity contribution in [3.8, 4) is 23.0 Å². The van der Waals surface area contributed by atoms with E-state index in [2.05, 4.69) is 5.32 Å². The zero-order chi connectivity index (χ0) is 16.9. The summed E-state index contributed by atoms with van der Waals surface area (Å²) in [6.07, 6.45) is 0. The summed E-state index contributed by atoms with van der Waals surface area (Å²) < 4.78 is 21.1. The fourth-order valence-electron chi connectivity index (χ4n) is 2.21. The van der Waals surface area contributed by atoms with Crippen molar-refractivity contribution in [1.29, 1.82) is 0 Å². The fourth-order valence-corrected chi connectivity index (χ4v) is 2.47. The molecule has 1 heterocycles. The predicted octanol–water partition coefficient (Wildman–Crippen LogP) is 2.89. The Labute approximate surface area is 144 Å². The van der Waals surface area contributed by atoms with E-state index in [9.17, 15) is 4.79 Å². The molecular formula is C17H16ClNO5. The number of nitrogens with one attached hydrogen (secondary N) is 1. The van der Waals surface area contributed by atoms with Crippen LogP contribution in [0.2, 0.25) is 5.02 Å². The second-order valence-electron chi connectivity index (χ2n) is 4.97. The van der Waals surface area contributed by atoms with Gasteiger partial charge in [-0.1, -0.05) is 11.6 Å². The minimum absolute atomic E-state index is 0.107. The highest BCUT2D eigenvalue weighted by Gasteiger charge is 2.20. The van der Waals surface area contributed by atoms with E-state index >= 15 is 0 Å². The van der Waals surface area contributed by atoms with Gasteiger partial charge < -0.3 is 24.3 Å². The number of amides is 1. The first-order valence-corrected chi connectivity index (χ1v) is 7.69. The Bertz CT molecular complexity index is 733. The van der Waals surface area contributed by atoms with E-state index in [1.165, 1.54) is 0 Å². The lowest BCUT2D eigenvalue weighted by Gasteiger charge is -2.09. The summed E-state index contributed by atoms with van der Waals surface area (Å²) in [4.78, 5) is 12.2. The molecule has 0 saturated heterocycles. The van der Waals surface area contributed by atoms with Crippen molar-refractivity contribution in [3.05, 3.63) is 47.0 Å². The number of halogens is 1. The topological polar surface area (TPSA) is 66.0 Å². The number of carbonyl (C=O) groups is 1. The molecule has 0 saturated carbocycles. The quantitative estimate of drug-likeness (QED) is 0.812. The van der Waals surface area contributed by atoms with Crippen LogP contribution in [0.1, 0.15) is 10.4 Å². The number of ether oxygens (including phenoxy) is 4. The maximum atomic E-state index is 12.2. The molecule has 1 aliphatic heterocycles. The molecule has 1 aliphatic rings. The average Bonchev–Trinajstić information content (AvgIpc) is 3.08. The minimum Gasteiger partial charge on any atom is -0.497 e. The van der Waals surface area contributed by atoms with Crippen LogP contribution in [0.5, 0.6) is 23.0 Å². The van der Waals surface area contributed by atoms with E-state index in [0.29, 0.717) is 41.0 Å². The summed E-state index contributed by atoms with van der Waals surface area (Å²) in [5.41, 5.74) is 0.411. The first-order chi connectivity index (χ1) is 11.7. The van der Waals surface area contributed by atoms with Crippen molar-refractivity contribution < 1.29 is 23.7 Å². The monoisotopic (exact) mass is 349 g/mol. The number of hydrogen-bond acceptors (Lipinski definition) is 5. The predicted molar refractivity (Wildman–Crippen MR) is 88.4 cm³/mol. The van der Waals surface area contributed by atoms with Crippen molar-refractivity contribution in [2.75, 3.05) is 27.1 Å². The lowest BCUT2D eigenvalue weighted by molar-refractivity contribution is 0.0946. The van der Waals surface area contributed by atoms with Crippen LogP contribution in [0.25, 0.3) is 0 Å². The molecule has 24 heavy (non-hydrogen) atoms. The van der Waals surface area contributed by atoms with Gasteiger partial charge in [-0.05, 0) is 36.4 Å². The van der Waals surface area contributed by atoms with Crippen LogP contribution in [0.4, 0.5) is 0 Å². The molecule has 0 fully saturated rings. The van der Waals surface area contributed by atoms with Crippen LogP contribution < -0.4 is 24.3 Å². The molecule has 1 amide bonds. The van der Waals surface area contributed by atoms with E-state index in [-0.39, 0.29) is 12.7 Å². The van der Waals surface area contributed by atoms with E-state index in [1.54, 1.807) is 31.4 Å². The van der Waals surface area contributed by atoms with Gasteiger partial charge in [0.1, 0.15) is 18.1 Å². The molecule has 0 radical (unpaired) electrons. The van der Waals surface area contributed by atoms with Gasteiger partial charge in [0.2, 0.25) is 6.79 Å². The van der Waals surface area contributed by atoms with Gasteiger partial charge in [-0.3, -0.25) is 4.79 Å². The smallest absolute Gasteiger partial charge is 0.251 e. The van der Waals surface area contributed by atoms with Crippen molar-refractivity contribution in [2.24, 2.45) is 0 Å². The highest BCUT2D eigenvalue weighted by molar-refractivity contribution is 6.32. The molecule has 0 aliphatic carbocycles. The van der Waals surface area contributed by atoms with Crippen LogP contribution >= 0.6 is 11.6 Å². The van der Waals surface area contributed by atoms with E-state index < -0.39 is 0 Å². The van der Waals surface area contributed by atoms with Crippen LogP contribution in [-0.2, 0) is 0 Å². The Balaban J connectivity index is 1.50. The Morgan fingerprint density at radius 2 is 1.96 bits per heavy atom.